The molecule has 96 valence electrons. The van der Waals surface area contributed by atoms with Gasteiger partial charge in [0.2, 0.25) is 0 Å². The van der Waals surface area contributed by atoms with Crippen molar-refractivity contribution < 1.29 is 4.74 Å². The second-order valence-electron chi connectivity index (χ2n) is 4.19. The standard InChI is InChI=1S/C14H14Br2OS/c1-9-5-11(7-15)6-10(2)14(9)17-8-12-3-4-13(16)18-12/h3-6H,7-8H2,1-2H3. The third-order valence-corrected chi connectivity index (χ3v) is 4.91. The zero-order valence-corrected chi connectivity index (χ0v) is 14.3. The van der Waals surface area contributed by atoms with Gasteiger partial charge in [-0.2, -0.15) is 0 Å². The van der Waals surface area contributed by atoms with Gasteiger partial charge in [0, 0.05) is 10.2 Å². The maximum Gasteiger partial charge on any atom is 0.125 e. The molecule has 0 aliphatic heterocycles. The van der Waals surface area contributed by atoms with E-state index in [2.05, 4.69) is 70.0 Å². The Labute approximate surface area is 128 Å². The molecule has 0 atom stereocenters. The molecule has 0 saturated heterocycles. The topological polar surface area (TPSA) is 9.23 Å². The number of rotatable bonds is 4. The van der Waals surface area contributed by atoms with Crippen molar-refractivity contribution in [2.75, 3.05) is 0 Å². The van der Waals surface area contributed by atoms with Crippen LogP contribution in [0.3, 0.4) is 0 Å². The van der Waals surface area contributed by atoms with Crippen LogP contribution >= 0.6 is 43.2 Å². The molecule has 0 saturated carbocycles. The minimum Gasteiger partial charge on any atom is -0.488 e. The lowest BCUT2D eigenvalue weighted by Gasteiger charge is -2.12. The van der Waals surface area contributed by atoms with Crippen LogP contribution in [0, 0.1) is 13.8 Å². The number of halogens is 2. The molecule has 0 radical (unpaired) electrons. The van der Waals surface area contributed by atoms with E-state index in [-0.39, 0.29) is 0 Å². The average molecular weight is 390 g/mol. The second-order valence-corrected chi connectivity index (χ2v) is 7.30. The highest BCUT2D eigenvalue weighted by Crippen LogP contribution is 2.28. The predicted octanol–water partition coefficient (Wildman–Crippen LogP) is 5.60. The Morgan fingerprint density at radius 2 is 1.83 bits per heavy atom. The molecule has 0 amide bonds. The monoisotopic (exact) mass is 388 g/mol. The van der Waals surface area contributed by atoms with Gasteiger partial charge in [-0.15, -0.1) is 11.3 Å². The van der Waals surface area contributed by atoms with E-state index in [0.717, 1.165) is 14.9 Å². The van der Waals surface area contributed by atoms with Crippen LogP contribution in [0.5, 0.6) is 5.75 Å². The summed E-state index contributed by atoms with van der Waals surface area (Å²) in [6.07, 6.45) is 0. The van der Waals surface area contributed by atoms with Gasteiger partial charge in [0.15, 0.2) is 0 Å². The lowest BCUT2D eigenvalue weighted by molar-refractivity contribution is 0.305. The van der Waals surface area contributed by atoms with Gasteiger partial charge in [-0.1, -0.05) is 28.1 Å². The Kier molecular flexibility index (Phi) is 4.87. The van der Waals surface area contributed by atoms with Gasteiger partial charge in [-0.25, -0.2) is 0 Å². The van der Waals surface area contributed by atoms with Crippen LogP contribution in [0.2, 0.25) is 0 Å². The largest absolute Gasteiger partial charge is 0.488 e. The van der Waals surface area contributed by atoms with Gasteiger partial charge in [0.1, 0.15) is 12.4 Å². The summed E-state index contributed by atoms with van der Waals surface area (Å²) in [5.41, 5.74) is 3.68. The van der Waals surface area contributed by atoms with E-state index in [9.17, 15) is 0 Å². The molecule has 0 N–H and O–H groups in total. The first-order valence-electron chi connectivity index (χ1n) is 5.63. The minimum absolute atomic E-state index is 0.631. The summed E-state index contributed by atoms with van der Waals surface area (Å²) in [5.74, 6) is 1.00. The van der Waals surface area contributed by atoms with Crippen molar-refractivity contribution >= 4 is 43.2 Å². The van der Waals surface area contributed by atoms with E-state index in [1.807, 2.05) is 0 Å². The number of hydrogen-bond acceptors (Lipinski definition) is 2. The molecule has 0 aliphatic carbocycles. The van der Waals surface area contributed by atoms with Crippen molar-refractivity contribution in [3.8, 4) is 5.75 Å². The quantitative estimate of drug-likeness (QED) is 0.618. The lowest BCUT2D eigenvalue weighted by atomic mass is 10.1. The SMILES string of the molecule is Cc1cc(CBr)cc(C)c1OCc1ccc(Br)s1. The average Bonchev–Trinajstić information content (AvgIpc) is 2.73. The maximum absolute atomic E-state index is 5.94. The third kappa shape index (κ3) is 3.37. The van der Waals surface area contributed by atoms with Crippen molar-refractivity contribution in [2.45, 2.75) is 25.8 Å². The molecular weight excluding hydrogens is 376 g/mol. The third-order valence-electron chi connectivity index (χ3n) is 2.66. The van der Waals surface area contributed by atoms with Gasteiger partial charge in [0.25, 0.3) is 0 Å². The van der Waals surface area contributed by atoms with E-state index in [0.29, 0.717) is 6.61 Å². The van der Waals surface area contributed by atoms with E-state index in [4.69, 9.17) is 4.74 Å². The molecule has 1 heterocycles. The van der Waals surface area contributed by atoms with Crippen molar-refractivity contribution in [2.24, 2.45) is 0 Å². The van der Waals surface area contributed by atoms with E-state index in [1.54, 1.807) is 11.3 Å². The summed E-state index contributed by atoms with van der Waals surface area (Å²) in [6.45, 7) is 4.82. The van der Waals surface area contributed by atoms with Crippen molar-refractivity contribution in [1.82, 2.24) is 0 Å². The molecule has 1 nitrogen and oxygen atoms in total. The van der Waals surface area contributed by atoms with Crippen LogP contribution in [0.1, 0.15) is 21.6 Å². The number of ether oxygens (including phenoxy) is 1. The molecular formula is C14H14Br2OS. The zero-order chi connectivity index (χ0) is 13.1. The Bertz CT molecular complexity index is 525. The fourth-order valence-electron chi connectivity index (χ4n) is 1.92. The molecule has 4 heteroatoms. The van der Waals surface area contributed by atoms with E-state index < -0.39 is 0 Å². The number of alkyl halides is 1. The Morgan fingerprint density at radius 1 is 1.17 bits per heavy atom. The molecule has 1 aromatic heterocycles. The summed E-state index contributed by atoms with van der Waals surface area (Å²) < 4.78 is 7.08. The first-order chi connectivity index (χ1) is 8.60. The predicted molar refractivity (Wildman–Crippen MR) is 84.9 cm³/mol. The van der Waals surface area contributed by atoms with Crippen LogP contribution in [0.4, 0.5) is 0 Å². The van der Waals surface area contributed by atoms with Crippen LogP contribution in [0.25, 0.3) is 0 Å². The van der Waals surface area contributed by atoms with Gasteiger partial charge < -0.3 is 4.74 Å². The highest BCUT2D eigenvalue weighted by atomic mass is 79.9. The first-order valence-corrected chi connectivity index (χ1v) is 8.36. The summed E-state index contributed by atoms with van der Waals surface area (Å²) in [5, 5.41) is 0.882. The van der Waals surface area contributed by atoms with Crippen molar-refractivity contribution in [3.63, 3.8) is 0 Å². The molecule has 0 bridgehead atoms. The zero-order valence-electron chi connectivity index (χ0n) is 10.3. The number of thiophene rings is 1. The number of aryl methyl sites for hydroxylation is 2. The molecule has 0 spiro atoms. The summed E-state index contributed by atoms with van der Waals surface area (Å²) in [6, 6.07) is 8.48. The van der Waals surface area contributed by atoms with Crippen LogP contribution in [-0.2, 0) is 11.9 Å². The normalized spacial score (nSPS) is 10.7. The molecule has 1 aromatic carbocycles. The highest BCUT2D eigenvalue weighted by molar-refractivity contribution is 9.11. The molecule has 0 aliphatic rings. The highest BCUT2D eigenvalue weighted by Gasteiger charge is 2.07. The maximum atomic E-state index is 5.94. The van der Waals surface area contributed by atoms with Gasteiger partial charge in [-0.05, 0) is 58.6 Å². The molecule has 0 unspecified atom stereocenters. The lowest BCUT2D eigenvalue weighted by Crippen LogP contribution is -1.98. The van der Waals surface area contributed by atoms with Crippen molar-refractivity contribution in [3.05, 3.63) is 49.6 Å². The summed E-state index contributed by atoms with van der Waals surface area (Å²) >= 11 is 8.66. The van der Waals surface area contributed by atoms with Gasteiger partial charge in [-0.3, -0.25) is 0 Å². The number of benzene rings is 1. The minimum atomic E-state index is 0.631. The number of hydrogen-bond donors (Lipinski definition) is 0. The van der Waals surface area contributed by atoms with Gasteiger partial charge in [0.05, 0.1) is 3.79 Å². The van der Waals surface area contributed by atoms with E-state index >= 15 is 0 Å². The smallest absolute Gasteiger partial charge is 0.125 e. The fourth-order valence-corrected chi connectivity index (χ4v) is 3.64. The van der Waals surface area contributed by atoms with E-state index in [1.165, 1.54) is 21.6 Å². The first kappa shape index (κ1) is 14.1. The molecule has 2 rings (SSSR count). The molecule has 0 fully saturated rings. The Balaban J connectivity index is 2.14. The van der Waals surface area contributed by atoms with Gasteiger partial charge >= 0.3 is 0 Å². The van der Waals surface area contributed by atoms with Crippen molar-refractivity contribution in [1.29, 1.82) is 0 Å². The van der Waals surface area contributed by atoms with Crippen LogP contribution < -0.4 is 4.74 Å². The summed E-state index contributed by atoms with van der Waals surface area (Å²) in [7, 11) is 0. The Morgan fingerprint density at radius 3 is 2.33 bits per heavy atom. The van der Waals surface area contributed by atoms with Crippen LogP contribution in [0.15, 0.2) is 28.1 Å². The molecule has 18 heavy (non-hydrogen) atoms. The van der Waals surface area contributed by atoms with Crippen LogP contribution in [-0.4, -0.2) is 0 Å². The second kappa shape index (κ2) is 6.22. The fraction of sp³-hybridized carbons (Fsp3) is 0.286. The Hall–Kier alpha value is -0.320. The molecule has 2 aromatic rings. The summed E-state index contributed by atoms with van der Waals surface area (Å²) in [4.78, 5) is 1.23.